The SMILES string of the molecule is Br.[C-]1=CC=CC1.[C-]1=CC=CC1.[Hf]. The van der Waals surface area contributed by atoms with Gasteiger partial charge in [0.15, 0.2) is 0 Å². The van der Waals surface area contributed by atoms with Crippen LogP contribution in [0, 0.1) is 12.2 Å². The summed E-state index contributed by atoms with van der Waals surface area (Å²) in [6.07, 6.45) is 20.0. The van der Waals surface area contributed by atoms with Gasteiger partial charge in [-0.3, -0.25) is 12.2 Å². The second kappa shape index (κ2) is 11.3. The van der Waals surface area contributed by atoms with Crippen LogP contribution in [0.1, 0.15) is 12.8 Å². The van der Waals surface area contributed by atoms with Crippen molar-refractivity contribution in [3.05, 3.63) is 48.6 Å². The second-order valence-corrected chi connectivity index (χ2v) is 2.01. The summed E-state index contributed by atoms with van der Waals surface area (Å²) in [5.74, 6) is 0. The molecule has 0 aliphatic heterocycles. The molecular formula is C10H11BrHf-2. The van der Waals surface area contributed by atoms with E-state index in [1.165, 1.54) is 0 Å². The van der Waals surface area contributed by atoms with Crippen molar-refractivity contribution in [2.24, 2.45) is 0 Å². The van der Waals surface area contributed by atoms with E-state index >= 15 is 0 Å². The first kappa shape index (κ1) is 14.8. The van der Waals surface area contributed by atoms with Crippen LogP contribution >= 0.6 is 17.0 Å². The largest absolute Gasteiger partial charge is 0.273 e. The number of rotatable bonds is 0. The van der Waals surface area contributed by atoms with E-state index in [0.717, 1.165) is 12.8 Å². The Morgan fingerprint density at radius 2 is 1.25 bits per heavy atom. The van der Waals surface area contributed by atoms with E-state index in [1.54, 1.807) is 0 Å². The van der Waals surface area contributed by atoms with Crippen molar-refractivity contribution < 1.29 is 25.8 Å². The third kappa shape index (κ3) is 8.41. The molecule has 0 saturated heterocycles. The predicted molar refractivity (Wildman–Crippen MR) is 53.5 cm³/mol. The van der Waals surface area contributed by atoms with Crippen LogP contribution in [0.15, 0.2) is 36.5 Å². The number of halogens is 1. The maximum Gasteiger partial charge on any atom is 0 e. The molecule has 0 bridgehead atoms. The van der Waals surface area contributed by atoms with Crippen LogP contribution in [0.5, 0.6) is 0 Å². The Labute approximate surface area is 104 Å². The van der Waals surface area contributed by atoms with Crippen LogP contribution in [-0.4, -0.2) is 0 Å². The monoisotopic (exact) mass is 390 g/mol. The topological polar surface area (TPSA) is 0 Å². The average Bonchev–Trinajstić information content (AvgIpc) is 2.67. The summed E-state index contributed by atoms with van der Waals surface area (Å²) >= 11 is 0. The smallest absolute Gasteiger partial charge is 0 e. The molecule has 2 aliphatic rings. The number of hydrogen-bond acceptors (Lipinski definition) is 0. The molecule has 0 fully saturated rings. The summed E-state index contributed by atoms with van der Waals surface area (Å²) in [6, 6.07) is 0. The van der Waals surface area contributed by atoms with E-state index in [2.05, 4.69) is 24.3 Å². The Morgan fingerprint density at radius 1 is 0.833 bits per heavy atom. The Kier molecular flexibility index (Phi) is 14.0. The molecule has 0 aromatic rings. The molecule has 0 aromatic carbocycles. The van der Waals surface area contributed by atoms with Crippen molar-refractivity contribution in [1.29, 1.82) is 0 Å². The second-order valence-electron chi connectivity index (χ2n) is 2.01. The van der Waals surface area contributed by atoms with Gasteiger partial charge in [0.05, 0.1) is 0 Å². The van der Waals surface area contributed by atoms with Crippen molar-refractivity contribution in [3.63, 3.8) is 0 Å². The molecule has 0 unspecified atom stereocenters. The van der Waals surface area contributed by atoms with Crippen molar-refractivity contribution in [2.75, 3.05) is 0 Å². The van der Waals surface area contributed by atoms with E-state index in [9.17, 15) is 0 Å². The average molecular weight is 390 g/mol. The molecule has 2 heteroatoms. The number of hydrogen-bond donors (Lipinski definition) is 0. The molecule has 0 atom stereocenters. The number of allylic oxidation sites excluding steroid dienone is 8. The molecule has 0 heterocycles. The van der Waals surface area contributed by atoms with Crippen LogP contribution in [0.2, 0.25) is 0 Å². The van der Waals surface area contributed by atoms with Crippen LogP contribution < -0.4 is 0 Å². The first-order chi connectivity index (χ1) is 5.00. The van der Waals surface area contributed by atoms with Gasteiger partial charge in [-0.05, 0) is 0 Å². The van der Waals surface area contributed by atoms with Crippen LogP contribution in [-0.2, 0) is 25.8 Å². The zero-order valence-electron chi connectivity index (χ0n) is 6.79. The minimum Gasteiger partial charge on any atom is -0.273 e. The summed E-state index contributed by atoms with van der Waals surface area (Å²) in [4.78, 5) is 0. The van der Waals surface area contributed by atoms with Gasteiger partial charge in [-0.2, -0.15) is 12.2 Å². The Morgan fingerprint density at radius 3 is 1.33 bits per heavy atom. The molecule has 12 heavy (non-hydrogen) atoms. The third-order valence-corrected chi connectivity index (χ3v) is 1.17. The summed E-state index contributed by atoms with van der Waals surface area (Å²) in [6.45, 7) is 0. The molecule has 2 aliphatic carbocycles. The summed E-state index contributed by atoms with van der Waals surface area (Å²) in [5, 5.41) is 0. The molecule has 0 nitrogen and oxygen atoms in total. The van der Waals surface area contributed by atoms with Gasteiger partial charge in [0.1, 0.15) is 0 Å². The fourth-order valence-corrected chi connectivity index (χ4v) is 0.680. The molecule has 0 aromatic heterocycles. The maximum absolute atomic E-state index is 2.99. The Hall–Kier alpha value is 0.310. The van der Waals surface area contributed by atoms with Gasteiger partial charge in [0.25, 0.3) is 0 Å². The zero-order chi connectivity index (χ0) is 7.07. The van der Waals surface area contributed by atoms with Gasteiger partial charge in [-0.15, -0.1) is 29.8 Å². The zero-order valence-corrected chi connectivity index (χ0v) is 12.1. The summed E-state index contributed by atoms with van der Waals surface area (Å²) in [5.41, 5.74) is 0. The predicted octanol–water partition coefficient (Wildman–Crippen LogP) is 3.19. The first-order valence-electron chi connectivity index (χ1n) is 3.43. The van der Waals surface area contributed by atoms with Gasteiger partial charge in [-0.25, -0.2) is 24.3 Å². The fourth-order valence-electron chi connectivity index (χ4n) is 0.680. The summed E-state index contributed by atoms with van der Waals surface area (Å²) < 4.78 is 0. The van der Waals surface area contributed by atoms with E-state index in [0.29, 0.717) is 0 Å². The molecule has 0 N–H and O–H groups in total. The summed E-state index contributed by atoms with van der Waals surface area (Å²) in [7, 11) is 0. The van der Waals surface area contributed by atoms with E-state index in [-0.39, 0.29) is 42.8 Å². The van der Waals surface area contributed by atoms with E-state index in [4.69, 9.17) is 0 Å². The normalized spacial score (nSPS) is 14.7. The van der Waals surface area contributed by atoms with Gasteiger partial charge >= 0.3 is 0 Å². The van der Waals surface area contributed by atoms with Crippen molar-refractivity contribution in [2.45, 2.75) is 12.8 Å². The van der Waals surface area contributed by atoms with Crippen molar-refractivity contribution in [3.8, 4) is 0 Å². The molecular weight excluding hydrogens is 379 g/mol. The molecule has 64 valence electrons. The van der Waals surface area contributed by atoms with Gasteiger partial charge in [0.2, 0.25) is 0 Å². The van der Waals surface area contributed by atoms with Gasteiger partial charge < -0.3 is 0 Å². The minimum absolute atomic E-state index is 0. The third-order valence-electron chi connectivity index (χ3n) is 1.17. The maximum atomic E-state index is 2.99. The standard InChI is InChI=1S/2C5H5.BrH.Hf/c2*1-2-4-5-3-1;;/h2*1-3H,4H2;1H;/q2*-1;;. The van der Waals surface area contributed by atoms with Gasteiger partial charge in [0, 0.05) is 25.8 Å². The molecule has 0 spiro atoms. The van der Waals surface area contributed by atoms with Crippen LogP contribution in [0.4, 0.5) is 0 Å². The van der Waals surface area contributed by atoms with Gasteiger partial charge in [-0.1, -0.05) is 0 Å². The minimum atomic E-state index is 0. The van der Waals surface area contributed by atoms with Crippen LogP contribution in [0.3, 0.4) is 0 Å². The van der Waals surface area contributed by atoms with Crippen LogP contribution in [0.25, 0.3) is 0 Å². The molecule has 0 amide bonds. The fraction of sp³-hybridized carbons (Fsp3) is 0.200. The van der Waals surface area contributed by atoms with Crippen molar-refractivity contribution in [1.82, 2.24) is 0 Å². The molecule has 0 saturated carbocycles. The Bertz CT molecular complexity index is 148. The van der Waals surface area contributed by atoms with E-state index in [1.807, 2.05) is 24.3 Å². The quantitative estimate of drug-likeness (QED) is 0.441. The molecule has 2 rings (SSSR count). The van der Waals surface area contributed by atoms with E-state index < -0.39 is 0 Å². The Balaban J connectivity index is 0. The van der Waals surface area contributed by atoms with Crippen molar-refractivity contribution >= 4 is 17.0 Å². The molecule has 0 radical (unpaired) electrons. The first-order valence-corrected chi connectivity index (χ1v) is 3.43.